The molecule has 0 bridgehead atoms. The number of fused-ring (bicyclic) bond motifs is 1. The van der Waals surface area contributed by atoms with Crippen LogP contribution in [-0.4, -0.2) is 16.2 Å². The van der Waals surface area contributed by atoms with E-state index >= 15 is 0 Å². The van der Waals surface area contributed by atoms with Crippen LogP contribution in [0.5, 0.6) is 0 Å². The van der Waals surface area contributed by atoms with Crippen LogP contribution >= 0.6 is 0 Å². The highest BCUT2D eigenvalue weighted by atomic mass is 16.5. The van der Waals surface area contributed by atoms with Crippen molar-refractivity contribution in [2.45, 2.75) is 27.0 Å². The lowest BCUT2D eigenvalue weighted by molar-refractivity contribution is 0.0886. The normalized spacial score (nSPS) is 11.1. The summed E-state index contributed by atoms with van der Waals surface area (Å²) in [4.78, 5) is 4.57. The van der Waals surface area contributed by atoms with Gasteiger partial charge in [0.05, 0.1) is 11.0 Å². The molecule has 0 aliphatic carbocycles. The number of hydrogen-bond acceptors (Lipinski definition) is 2. The number of aromatic nitrogens is 2. The third-order valence-electron chi connectivity index (χ3n) is 2.47. The molecular weight excluding hydrogens is 188 g/mol. The molecule has 0 aliphatic heterocycles. The van der Waals surface area contributed by atoms with Gasteiger partial charge in [-0.25, -0.2) is 4.98 Å². The first kappa shape index (κ1) is 10.2. The fourth-order valence-electron chi connectivity index (χ4n) is 1.72. The quantitative estimate of drug-likeness (QED) is 0.765. The Morgan fingerprint density at radius 3 is 2.80 bits per heavy atom. The molecular formula is C12H16N2O. The average Bonchev–Trinajstić information content (AvgIpc) is 2.64. The lowest BCUT2D eigenvalue weighted by atomic mass is 10.3. The predicted octanol–water partition coefficient (Wildman–Crippen LogP) is 2.59. The number of aryl methyl sites for hydroxylation is 1. The van der Waals surface area contributed by atoms with Gasteiger partial charge in [0.25, 0.3) is 0 Å². The highest BCUT2D eigenvalue weighted by Gasteiger charge is 2.07. The van der Waals surface area contributed by atoms with Crippen molar-refractivity contribution in [3.63, 3.8) is 0 Å². The van der Waals surface area contributed by atoms with Crippen LogP contribution in [0.25, 0.3) is 11.0 Å². The summed E-state index contributed by atoms with van der Waals surface area (Å²) in [7, 11) is 0. The standard InChI is InChI=1S/C12H16N2O/c1-3-12-13-10-7-5-6-8-11(10)14(12)9-15-4-2/h5-8H,3-4,9H2,1-2H3. The van der Waals surface area contributed by atoms with E-state index in [1.807, 2.05) is 25.1 Å². The second kappa shape index (κ2) is 4.45. The molecule has 1 heterocycles. The summed E-state index contributed by atoms with van der Waals surface area (Å²) in [5, 5.41) is 0. The minimum absolute atomic E-state index is 0.597. The van der Waals surface area contributed by atoms with Gasteiger partial charge < -0.3 is 9.30 Å². The second-order valence-corrected chi connectivity index (χ2v) is 3.42. The summed E-state index contributed by atoms with van der Waals surface area (Å²) in [6.07, 6.45) is 0.932. The highest BCUT2D eigenvalue weighted by molar-refractivity contribution is 5.75. The van der Waals surface area contributed by atoms with Gasteiger partial charge in [-0.3, -0.25) is 0 Å². The van der Waals surface area contributed by atoms with Crippen LogP contribution in [0.4, 0.5) is 0 Å². The molecule has 2 aromatic rings. The van der Waals surface area contributed by atoms with Gasteiger partial charge in [0.2, 0.25) is 0 Å². The summed E-state index contributed by atoms with van der Waals surface area (Å²) in [6.45, 7) is 5.45. The molecule has 0 amide bonds. The molecule has 1 aromatic carbocycles. The Bertz CT molecular complexity index is 448. The van der Waals surface area contributed by atoms with Crippen molar-refractivity contribution in [3.8, 4) is 0 Å². The number of imidazole rings is 1. The van der Waals surface area contributed by atoms with Gasteiger partial charge in [-0.2, -0.15) is 0 Å². The van der Waals surface area contributed by atoms with Crippen molar-refractivity contribution in [2.24, 2.45) is 0 Å². The molecule has 0 fully saturated rings. The Hall–Kier alpha value is -1.35. The smallest absolute Gasteiger partial charge is 0.124 e. The lowest BCUT2D eigenvalue weighted by Crippen LogP contribution is -2.06. The van der Waals surface area contributed by atoms with Crippen LogP contribution in [0.15, 0.2) is 24.3 Å². The molecule has 80 valence electrons. The van der Waals surface area contributed by atoms with Crippen LogP contribution < -0.4 is 0 Å². The van der Waals surface area contributed by atoms with Gasteiger partial charge in [-0.05, 0) is 19.1 Å². The predicted molar refractivity (Wildman–Crippen MR) is 60.7 cm³/mol. The van der Waals surface area contributed by atoms with Crippen LogP contribution in [0.2, 0.25) is 0 Å². The van der Waals surface area contributed by atoms with Crippen molar-refractivity contribution in [2.75, 3.05) is 6.61 Å². The third kappa shape index (κ3) is 1.88. The molecule has 0 N–H and O–H groups in total. The van der Waals surface area contributed by atoms with Crippen LogP contribution in [0, 0.1) is 0 Å². The van der Waals surface area contributed by atoms with Crippen LogP contribution in [0.1, 0.15) is 19.7 Å². The van der Waals surface area contributed by atoms with Gasteiger partial charge in [-0.1, -0.05) is 19.1 Å². The van der Waals surface area contributed by atoms with E-state index in [2.05, 4.69) is 22.5 Å². The Morgan fingerprint density at radius 2 is 2.07 bits per heavy atom. The zero-order chi connectivity index (χ0) is 10.7. The molecule has 0 saturated carbocycles. The van der Waals surface area contributed by atoms with Gasteiger partial charge in [0.15, 0.2) is 0 Å². The maximum atomic E-state index is 5.45. The van der Waals surface area contributed by atoms with E-state index in [1.54, 1.807) is 0 Å². The summed E-state index contributed by atoms with van der Waals surface area (Å²) in [5.41, 5.74) is 2.21. The fourth-order valence-corrected chi connectivity index (χ4v) is 1.72. The van der Waals surface area contributed by atoms with E-state index in [0.717, 1.165) is 29.9 Å². The van der Waals surface area contributed by atoms with E-state index in [0.29, 0.717) is 6.73 Å². The molecule has 0 unspecified atom stereocenters. The van der Waals surface area contributed by atoms with Gasteiger partial charge in [-0.15, -0.1) is 0 Å². The van der Waals surface area contributed by atoms with Crippen molar-refractivity contribution < 1.29 is 4.74 Å². The van der Waals surface area contributed by atoms with E-state index in [-0.39, 0.29) is 0 Å². The molecule has 15 heavy (non-hydrogen) atoms. The summed E-state index contributed by atoms with van der Waals surface area (Å²) >= 11 is 0. The number of benzene rings is 1. The molecule has 3 nitrogen and oxygen atoms in total. The van der Waals surface area contributed by atoms with Gasteiger partial charge in [0.1, 0.15) is 12.6 Å². The monoisotopic (exact) mass is 204 g/mol. The molecule has 0 aliphatic rings. The van der Waals surface area contributed by atoms with E-state index in [9.17, 15) is 0 Å². The minimum Gasteiger partial charge on any atom is -0.361 e. The van der Waals surface area contributed by atoms with E-state index in [4.69, 9.17) is 4.74 Å². The number of hydrogen-bond donors (Lipinski definition) is 0. The first-order valence-corrected chi connectivity index (χ1v) is 5.38. The van der Waals surface area contributed by atoms with Crippen molar-refractivity contribution in [1.82, 2.24) is 9.55 Å². The van der Waals surface area contributed by atoms with E-state index in [1.165, 1.54) is 0 Å². The molecule has 0 saturated heterocycles. The number of rotatable bonds is 4. The van der Waals surface area contributed by atoms with Crippen LogP contribution in [-0.2, 0) is 17.9 Å². The van der Waals surface area contributed by atoms with Crippen molar-refractivity contribution >= 4 is 11.0 Å². The first-order chi connectivity index (χ1) is 7.36. The Labute approximate surface area is 89.7 Å². The molecule has 0 radical (unpaired) electrons. The number of ether oxygens (including phenoxy) is 1. The maximum Gasteiger partial charge on any atom is 0.124 e. The Kier molecular flexibility index (Phi) is 3.02. The maximum absolute atomic E-state index is 5.45. The molecule has 0 atom stereocenters. The lowest BCUT2D eigenvalue weighted by Gasteiger charge is -2.07. The largest absolute Gasteiger partial charge is 0.361 e. The topological polar surface area (TPSA) is 27.1 Å². The van der Waals surface area contributed by atoms with Crippen molar-refractivity contribution in [3.05, 3.63) is 30.1 Å². The fraction of sp³-hybridized carbons (Fsp3) is 0.417. The minimum atomic E-state index is 0.597. The van der Waals surface area contributed by atoms with E-state index < -0.39 is 0 Å². The first-order valence-electron chi connectivity index (χ1n) is 5.38. The molecule has 1 aromatic heterocycles. The van der Waals surface area contributed by atoms with Gasteiger partial charge in [0, 0.05) is 13.0 Å². The molecule has 2 rings (SSSR count). The summed E-state index contributed by atoms with van der Waals surface area (Å²) in [5.74, 6) is 1.09. The zero-order valence-corrected chi connectivity index (χ0v) is 9.23. The molecule has 3 heteroatoms. The second-order valence-electron chi connectivity index (χ2n) is 3.42. The average molecular weight is 204 g/mol. The van der Waals surface area contributed by atoms with Crippen LogP contribution in [0.3, 0.4) is 0 Å². The molecule has 0 spiro atoms. The number of nitrogens with zero attached hydrogens (tertiary/aromatic N) is 2. The highest BCUT2D eigenvalue weighted by Crippen LogP contribution is 2.16. The summed E-state index contributed by atoms with van der Waals surface area (Å²) in [6, 6.07) is 8.17. The summed E-state index contributed by atoms with van der Waals surface area (Å²) < 4.78 is 7.59. The Balaban J connectivity index is 2.47. The van der Waals surface area contributed by atoms with Gasteiger partial charge >= 0.3 is 0 Å². The Morgan fingerprint density at radius 1 is 1.27 bits per heavy atom. The van der Waals surface area contributed by atoms with Crippen molar-refractivity contribution in [1.29, 1.82) is 0 Å². The third-order valence-corrected chi connectivity index (χ3v) is 2.47. The zero-order valence-electron chi connectivity index (χ0n) is 9.23. The SMILES string of the molecule is CCOCn1c(CC)nc2ccccc21. The number of para-hydroxylation sites is 2.